The number of piperidine rings is 1. The summed E-state index contributed by atoms with van der Waals surface area (Å²) >= 11 is 1.50. The van der Waals surface area contributed by atoms with E-state index in [0.29, 0.717) is 11.3 Å². The van der Waals surface area contributed by atoms with Crippen LogP contribution in [0.15, 0.2) is 23.1 Å². The van der Waals surface area contributed by atoms with Gasteiger partial charge in [0.25, 0.3) is 5.91 Å². The number of hydrogen-bond donors (Lipinski definition) is 3. The lowest BCUT2D eigenvalue weighted by atomic mass is 9.99. The molecule has 0 aliphatic carbocycles. The fourth-order valence-electron chi connectivity index (χ4n) is 2.72. The Balaban J connectivity index is 1.72. The second-order valence-corrected chi connectivity index (χ2v) is 6.53. The highest BCUT2D eigenvalue weighted by atomic mass is 32.2. The molecule has 2 unspecified atom stereocenters. The Bertz CT molecular complexity index is 576. The van der Waals surface area contributed by atoms with Crippen molar-refractivity contribution in [2.45, 2.75) is 36.7 Å². The van der Waals surface area contributed by atoms with Crippen LogP contribution in [0.25, 0.3) is 0 Å². The number of carbonyl (C=O) groups is 2. The first kappa shape index (κ1) is 14.4. The molecule has 6 heteroatoms. The van der Waals surface area contributed by atoms with E-state index >= 15 is 0 Å². The molecule has 1 saturated heterocycles. The number of rotatable bonds is 2. The molecule has 2 atom stereocenters. The van der Waals surface area contributed by atoms with Gasteiger partial charge in [-0.3, -0.25) is 9.59 Å². The van der Waals surface area contributed by atoms with Crippen LogP contribution in [0.5, 0.6) is 0 Å². The predicted molar refractivity (Wildman–Crippen MR) is 83.7 cm³/mol. The van der Waals surface area contributed by atoms with Crippen LogP contribution < -0.4 is 16.0 Å². The van der Waals surface area contributed by atoms with Crippen molar-refractivity contribution in [2.24, 2.45) is 0 Å². The van der Waals surface area contributed by atoms with Crippen molar-refractivity contribution in [1.82, 2.24) is 10.6 Å². The van der Waals surface area contributed by atoms with Crippen LogP contribution in [0.2, 0.25) is 0 Å². The second-order valence-electron chi connectivity index (χ2n) is 5.51. The van der Waals surface area contributed by atoms with Crippen LogP contribution in [0.4, 0.5) is 5.69 Å². The van der Waals surface area contributed by atoms with Gasteiger partial charge >= 0.3 is 0 Å². The smallest absolute Gasteiger partial charge is 0.251 e. The molecule has 2 aliphatic heterocycles. The Hall–Kier alpha value is -1.53. The van der Waals surface area contributed by atoms with Crippen molar-refractivity contribution in [3.63, 3.8) is 0 Å². The third-order valence-corrected chi connectivity index (χ3v) is 5.03. The summed E-state index contributed by atoms with van der Waals surface area (Å²) in [6.07, 6.45) is 2.07. The Kier molecular flexibility index (Phi) is 4.17. The third kappa shape index (κ3) is 3.22. The fourth-order valence-corrected chi connectivity index (χ4v) is 3.51. The Morgan fingerprint density at radius 3 is 3.10 bits per heavy atom. The molecule has 0 spiro atoms. The van der Waals surface area contributed by atoms with Crippen LogP contribution in [0, 0.1) is 0 Å². The van der Waals surface area contributed by atoms with Gasteiger partial charge in [0.15, 0.2) is 0 Å². The number of nitrogens with one attached hydrogen (secondary N) is 3. The number of benzene rings is 1. The summed E-state index contributed by atoms with van der Waals surface area (Å²) in [7, 11) is 0. The zero-order valence-electron chi connectivity index (χ0n) is 11.9. The van der Waals surface area contributed by atoms with Crippen LogP contribution in [0.3, 0.4) is 0 Å². The zero-order valence-corrected chi connectivity index (χ0v) is 12.8. The highest BCUT2D eigenvalue weighted by molar-refractivity contribution is 8.00. The maximum atomic E-state index is 12.4. The summed E-state index contributed by atoms with van der Waals surface area (Å²) in [5, 5.41) is 9.27. The lowest BCUT2D eigenvalue weighted by Crippen LogP contribution is -2.51. The minimum absolute atomic E-state index is 0.0184. The molecule has 0 aromatic heterocycles. The molecule has 1 aromatic rings. The van der Waals surface area contributed by atoms with Crippen molar-refractivity contribution in [2.75, 3.05) is 17.6 Å². The van der Waals surface area contributed by atoms with E-state index in [1.54, 1.807) is 6.07 Å². The van der Waals surface area contributed by atoms with Gasteiger partial charge in [0.05, 0.1) is 11.4 Å². The number of anilines is 1. The van der Waals surface area contributed by atoms with E-state index in [1.807, 2.05) is 12.1 Å². The van der Waals surface area contributed by atoms with Gasteiger partial charge in [-0.15, -0.1) is 11.8 Å². The molecule has 1 fully saturated rings. The topological polar surface area (TPSA) is 70.2 Å². The van der Waals surface area contributed by atoms with Crippen LogP contribution in [-0.4, -0.2) is 36.2 Å². The molecule has 2 amide bonds. The first-order valence-electron chi connectivity index (χ1n) is 7.24. The first-order valence-corrected chi connectivity index (χ1v) is 8.23. The molecule has 3 rings (SSSR count). The van der Waals surface area contributed by atoms with E-state index in [1.165, 1.54) is 11.8 Å². The summed E-state index contributed by atoms with van der Waals surface area (Å²) in [5.41, 5.74) is 1.33. The number of hydrogen-bond acceptors (Lipinski definition) is 4. The van der Waals surface area contributed by atoms with Crippen LogP contribution in [-0.2, 0) is 4.79 Å². The summed E-state index contributed by atoms with van der Waals surface area (Å²) in [4.78, 5) is 24.8. The molecule has 112 valence electrons. The summed E-state index contributed by atoms with van der Waals surface area (Å²) in [6, 6.07) is 5.92. The molecule has 0 bridgehead atoms. The van der Waals surface area contributed by atoms with Crippen molar-refractivity contribution in [3.8, 4) is 0 Å². The summed E-state index contributed by atoms with van der Waals surface area (Å²) in [6.45, 7) is 3.10. The molecular formula is C15H19N3O2S. The van der Waals surface area contributed by atoms with Crippen molar-refractivity contribution in [3.05, 3.63) is 23.8 Å². The minimum atomic E-state index is -0.0804. The van der Waals surface area contributed by atoms with Gasteiger partial charge in [-0.25, -0.2) is 0 Å². The largest absolute Gasteiger partial charge is 0.348 e. The fraction of sp³-hybridized carbons (Fsp3) is 0.467. The molecule has 5 nitrogen and oxygen atoms in total. The molecule has 0 saturated carbocycles. The van der Waals surface area contributed by atoms with Gasteiger partial charge in [-0.2, -0.15) is 0 Å². The van der Waals surface area contributed by atoms with Crippen molar-refractivity contribution < 1.29 is 9.59 Å². The lowest BCUT2D eigenvalue weighted by molar-refractivity contribution is -0.113. The normalized spacial score (nSPS) is 24.9. The van der Waals surface area contributed by atoms with Gasteiger partial charge in [0.2, 0.25) is 5.91 Å². The molecule has 3 N–H and O–H groups in total. The Morgan fingerprint density at radius 1 is 1.43 bits per heavy atom. The first-order chi connectivity index (χ1) is 10.1. The maximum Gasteiger partial charge on any atom is 0.251 e. The number of amides is 2. The van der Waals surface area contributed by atoms with Crippen molar-refractivity contribution in [1.29, 1.82) is 0 Å². The Morgan fingerprint density at radius 2 is 2.29 bits per heavy atom. The summed E-state index contributed by atoms with van der Waals surface area (Å²) in [5.74, 6) is 0.336. The van der Waals surface area contributed by atoms with Gasteiger partial charge in [0.1, 0.15) is 0 Å². The van der Waals surface area contributed by atoms with E-state index in [9.17, 15) is 9.59 Å². The number of fused-ring (bicyclic) bond motifs is 1. The van der Waals surface area contributed by atoms with Gasteiger partial charge < -0.3 is 16.0 Å². The summed E-state index contributed by atoms with van der Waals surface area (Å²) < 4.78 is 0. The molecule has 2 aliphatic rings. The predicted octanol–water partition coefficient (Wildman–Crippen LogP) is 1.60. The molecule has 21 heavy (non-hydrogen) atoms. The van der Waals surface area contributed by atoms with Crippen LogP contribution >= 0.6 is 11.8 Å². The van der Waals surface area contributed by atoms with Gasteiger partial charge in [-0.1, -0.05) is 0 Å². The average Bonchev–Trinajstić information content (AvgIpc) is 2.48. The van der Waals surface area contributed by atoms with E-state index in [0.717, 1.165) is 30.0 Å². The SMILES string of the molecule is CC1NCCCC1NC(=O)c1ccc2c(c1)NC(=O)CS2. The third-order valence-electron chi connectivity index (χ3n) is 3.95. The van der Waals surface area contributed by atoms with Gasteiger partial charge in [-0.05, 0) is 44.5 Å². The maximum absolute atomic E-state index is 12.4. The number of carbonyl (C=O) groups excluding carboxylic acids is 2. The van der Waals surface area contributed by atoms with Gasteiger partial charge in [0, 0.05) is 22.5 Å². The lowest BCUT2D eigenvalue weighted by Gasteiger charge is -2.30. The quantitative estimate of drug-likeness (QED) is 0.776. The molecule has 1 aromatic carbocycles. The minimum Gasteiger partial charge on any atom is -0.348 e. The Labute approximate surface area is 128 Å². The molecule has 2 heterocycles. The highest BCUT2D eigenvalue weighted by Gasteiger charge is 2.23. The monoisotopic (exact) mass is 305 g/mol. The van der Waals surface area contributed by atoms with Crippen molar-refractivity contribution >= 4 is 29.3 Å². The highest BCUT2D eigenvalue weighted by Crippen LogP contribution is 2.32. The van der Waals surface area contributed by atoms with E-state index in [2.05, 4.69) is 22.9 Å². The van der Waals surface area contributed by atoms with Crippen LogP contribution in [0.1, 0.15) is 30.1 Å². The van der Waals surface area contributed by atoms with E-state index in [-0.39, 0.29) is 23.9 Å². The molecular weight excluding hydrogens is 286 g/mol. The number of thioether (sulfide) groups is 1. The standard InChI is InChI=1S/C15H19N3O2S/c1-9-11(3-2-6-16-9)18-15(20)10-4-5-13-12(7-10)17-14(19)8-21-13/h4-5,7,9,11,16H,2-3,6,8H2,1H3,(H,17,19)(H,18,20). The van der Waals surface area contributed by atoms with E-state index in [4.69, 9.17) is 0 Å². The molecule has 0 radical (unpaired) electrons. The second kappa shape index (κ2) is 6.07. The zero-order chi connectivity index (χ0) is 14.8. The van der Waals surface area contributed by atoms with E-state index < -0.39 is 0 Å². The average molecular weight is 305 g/mol.